The summed E-state index contributed by atoms with van der Waals surface area (Å²) in [6.07, 6.45) is 3.57. The molecule has 1 aromatic carbocycles. The number of fused-ring (bicyclic) bond motifs is 1. The van der Waals surface area contributed by atoms with Gasteiger partial charge in [-0.05, 0) is 24.3 Å². The predicted molar refractivity (Wildman–Crippen MR) is 71.9 cm³/mol. The third-order valence-electron chi connectivity index (χ3n) is 3.38. The van der Waals surface area contributed by atoms with Crippen molar-refractivity contribution in [2.24, 2.45) is 0 Å². The van der Waals surface area contributed by atoms with E-state index in [1.807, 2.05) is 30.3 Å². The molecule has 0 radical (unpaired) electrons. The molecule has 4 heteroatoms. The van der Waals surface area contributed by atoms with E-state index in [2.05, 4.69) is 10.3 Å². The fourth-order valence-corrected chi connectivity index (χ4v) is 2.38. The smallest absolute Gasteiger partial charge is 0.270 e. The number of pyridine rings is 1. The van der Waals surface area contributed by atoms with Gasteiger partial charge in [0, 0.05) is 17.5 Å². The fraction of sp³-hybridized carbons (Fsp3) is 0.286. The average molecular weight is 261 g/mol. The van der Waals surface area contributed by atoms with Gasteiger partial charge in [0.2, 0.25) is 0 Å². The second-order valence-electron chi connectivity index (χ2n) is 4.75. The van der Waals surface area contributed by atoms with Gasteiger partial charge in [-0.3, -0.25) is 9.78 Å². The van der Waals surface area contributed by atoms with Crippen LogP contribution in [0.3, 0.4) is 0 Å². The Hall–Kier alpha value is -1.61. The minimum absolute atomic E-state index is 0.134. The van der Waals surface area contributed by atoms with E-state index in [1.165, 1.54) is 0 Å². The number of carbonyl (C=O) groups is 1. The molecule has 3 rings (SSSR count). The maximum Gasteiger partial charge on any atom is 0.270 e. The molecule has 0 unspecified atom stereocenters. The van der Waals surface area contributed by atoms with Crippen LogP contribution >= 0.6 is 11.6 Å². The summed E-state index contributed by atoms with van der Waals surface area (Å²) in [6.45, 7) is 0. The van der Waals surface area contributed by atoms with Crippen LogP contribution in [0.2, 0.25) is 0 Å². The summed E-state index contributed by atoms with van der Waals surface area (Å²) < 4.78 is 0. The molecule has 18 heavy (non-hydrogen) atoms. The Bertz CT molecular complexity index is 602. The van der Waals surface area contributed by atoms with E-state index in [0.717, 1.165) is 23.6 Å². The molecule has 0 saturated heterocycles. The molecule has 0 bridgehead atoms. The summed E-state index contributed by atoms with van der Waals surface area (Å²) >= 11 is 5.87. The van der Waals surface area contributed by atoms with E-state index < -0.39 is 0 Å². The molecule has 1 aromatic heterocycles. The van der Waals surface area contributed by atoms with Crippen LogP contribution in [-0.2, 0) is 0 Å². The highest BCUT2D eigenvalue weighted by atomic mass is 35.5. The van der Waals surface area contributed by atoms with E-state index in [9.17, 15) is 4.79 Å². The highest BCUT2D eigenvalue weighted by Crippen LogP contribution is 2.36. The summed E-state index contributed by atoms with van der Waals surface area (Å²) in [5.74, 6) is 0.328. The lowest BCUT2D eigenvalue weighted by atomic mass is 10.1. The third-order valence-corrected chi connectivity index (χ3v) is 3.89. The Balaban J connectivity index is 1.96. The highest BCUT2D eigenvalue weighted by molar-refractivity contribution is 6.19. The molecule has 1 amide bonds. The van der Waals surface area contributed by atoms with E-state index in [1.54, 1.807) is 6.20 Å². The normalized spacial score (nSPS) is 16.5. The standard InChI is InChI=1S/C14H13ClN2O/c15-9-14(6-7-14)17-13(18)12-11-4-2-1-3-10(11)5-8-16-12/h1-5,8H,6-7,9H2,(H,17,18). The second kappa shape index (κ2) is 4.25. The van der Waals surface area contributed by atoms with Gasteiger partial charge < -0.3 is 5.32 Å². The molecule has 1 saturated carbocycles. The molecular formula is C14H13ClN2O. The molecule has 1 heterocycles. The van der Waals surface area contributed by atoms with Crippen LogP contribution < -0.4 is 5.32 Å². The largest absolute Gasteiger partial charge is 0.344 e. The minimum atomic E-state index is -0.197. The number of benzene rings is 1. The number of carbonyl (C=O) groups excluding carboxylic acids is 1. The molecule has 2 aromatic rings. The first-order valence-electron chi connectivity index (χ1n) is 5.96. The van der Waals surface area contributed by atoms with Crippen molar-refractivity contribution in [3.05, 3.63) is 42.2 Å². The lowest BCUT2D eigenvalue weighted by molar-refractivity contribution is 0.0933. The van der Waals surface area contributed by atoms with Crippen LogP contribution in [0.4, 0.5) is 0 Å². The number of amides is 1. The predicted octanol–water partition coefficient (Wildman–Crippen LogP) is 2.74. The monoisotopic (exact) mass is 260 g/mol. The van der Waals surface area contributed by atoms with Gasteiger partial charge in [-0.2, -0.15) is 0 Å². The second-order valence-corrected chi connectivity index (χ2v) is 5.02. The average Bonchev–Trinajstić information content (AvgIpc) is 3.18. The maximum atomic E-state index is 12.2. The fourth-order valence-electron chi connectivity index (χ4n) is 2.04. The van der Waals surface area contributed by atoms with Crippen LogP contribution in [0.15, 0.2) is 36.5 Å². The molecule has 92 valence electrons. The van der Waals surface area contributed by atoms with Crippen molar-refractivity contribution in [3.8, 4) is 0 Å². The van der Waals surface area contributed by atoms with E-state index in [0.29, 0.717) is 11.6 Å². The minimum Gasteiger partial charge on any atom is -0.344 e. The number of aromatic nitrogens is 1. The quantitative estimate of drug-likeness (QED) is 0.863. The van der Waals surface area contributed by atoms with Crippen molar-refractivity contribution >= 4 is 28.3 Å². The zero-order chi connectivity index (χ0) is 12.6. The lowest BCUT2D eigenvalue weighted by Gasteiger charge is -2.14. The number of alkyl halides is 1. The molecule has 3 nitrogen and oxygen atoms in total. The van der Waals surface area contributed by atoms with Gasteiger partial charge in [0.15, 0.2) is 0 Å². The van der Waals surface area contributed by atoms with E-state index in [-0.39, 0.29) is 11.4 Å². The molecule has 0 spiro atoms. The summed E-state index contributed by atoms with van der Waals surface area (Å²) in [5, 5.41) is 4.89. The van der Waals surface area contributed by atoms with Crippen LogP contribution in [0, 0.1) is 0 Å². The van der Waals surface area contributed by atoms with Gasteiger partial charge in [-0.15, -0.1) is 11.6 Å². The van der Waals surface area contributed by atoms with Crippen LogP contribution in [0.5, 0.6) is 0 Å². The zero-order valence-corrected chi connectivity index (χ0v) is 10.6. The maximum absolute atomic E-state index is 12.2. The van der Waals surface area contributed by atoms with Crippen molar-refractivity contribution in [2.45, 2.75) is 18.4 Å². The molecule has 1 fully saturated rings. The SMILES string of the molecule is O=C(NC1(CCl)CC1)c1nccc2ccccc12. The number of hydrogen-bond donors (Lipinski definition) is 1. The Kier molecular flexibility index (Phi) is 2.71. The van der Waals surface area contributed by atoms with Gasteiger partial charge in [0.1, 0.15) is 5.69 Å². The summed E-state index contributed by atoms with van der Waals surface area (Å²) in [6, 6.07) is 9.65. The first-order chi connectivity index (χ1) is 8.74. The highest BCUT2D eigenvalue weighted by Gasteiger charge is 2.43. The summed E-state index contributed by atoms with van der Waals surface area (Å²) in [5.41, 5.74) is 0.279. The number of rotatable bonds is 3. The zero-order valence-electron chi connectivity index (χ0n) is 9.82. The third kappa shape index (κ3) is 1.95. The summed E-state index contributed by atoms with van der Waals surface area (Å²) in [4.78, 5) is 16.4. The molecule has 1 aliphatic rings. The van der Waals surface area contributed by atoms with Gasteiger partial charge in [0.05, 0.1) is 5.54 Å². The topological polar surface area (TPSA) is 42.0 Å². The van der Waals surface area contributed by atoms with Crippen molar-refractivity contribution in [2.75, 3.05) is 5.88 Å². The van der Waals surface area contributed by atoms with E-state index >= 15 is 0 Å². The van der Waals surface area contributed by atoms with Gasteiger partial charge in [-0.25, -0.2) is 0 Å². The van der Waals surface area contributed by atoms with Crippen LogP contribution in [-0.4, -0.2) is 22.3 Å². The Morgan fingerprint density at radius 1 is 1.33 bits per heavy atom. The number of nitrogens with one attached hydrogen (secondary N) is 1. The Morgan fingerprint density at radius 3 is 2.83 bits per heavy atom. The van der Waals surface area contributed by atoms with Gasteiger partial charge in [-0.1, -0.05) is 24.3 Å². The molecule has 1 N–H and O–H groups in total. The first-order valence-corrected chi connectivity index (χ1v) is 6.50. The molecule has 0 aliphatic heterocycles. The number of hydrogen-bond acceptors (Lipinski definition) is 2. The Morgan fingerprint density at radius 2 is 2.11 bits per heavy atom. The Labute approximate surface area is 110 Å². The van der Waals surface area contributed by atoms with Crippen molar-refractivity contribution in [1.29, 1.82) is 0 Å². The van der Waals surface area contributed by atoms with Crippen molar-refractivity contribution < 1.29 is 4.79 Å². The number of nitrogens with zero attached hydrogens (tertiary/aromatic N) is 1. The first kappa shape index (κ1) is 11.5. The lowest BCUT2D eigenvalue weighted by Crippen LogP contribution is -2.38. The number of halogens is 1. The van der Waals surface area contributed by atoms with E-state index in [4.69, 9.17) is 11.6 Å². The molecular weight excluding hydrogens is 248 g/mol. The molecule has 1 aliphatic carbocycles. The van der Waals surface area contributed by atoms with Crippen LogP contribution in [0.25, 0.3) is 10.8 Å². The van der Waals surface area contributed by atoms with Gasteiger partial charge >= 0.3 is 0 Å². The van der Waals surface area contributed by atoms with Crippen molar-refractivity contribution in [3.63, 3.8) is 0 Å². The molecule has 0 atom stereocenters. The van der Waals surface area contributed by atoms with Crippen molar-refractivity contribution in [1.82, 2.24) is 10.3 Å². The van der Waals surface area contributed by atoms with Gasteiger partial charge in [0.25, 0.3) is 5.91 Å². The van der Waals surface area contributed by atoms with Crippen LogP contribution in [0.1, 0.15) is 23.3 Å². The summed E-state index contributed by atoms with van der Waals surface area (Å²) in [7, 11) is 0.